The van der Waals surface area contributed by atoms with Gasteiger partial charge in [-0.05, 0) is 83.0 Å². The predicted molar refractivity (Wildman–Crippen MR) is 166 cm³/mol. The van der Waals surface area contributed by atoms with Crippen molar-refractivity contribution >= 4 is 48.8 Å². The average molecular weight is 516 g/mol. The number of nitrogens with zero attached hydrogens (tertiary/aromatic N) is 1. The monoisotopic (exact) mass is 515 g/mol. The minimum absolute atomic E-state index is 0.128. The molecule has 40 heavy (non-hydrogen) atoms. The van der Waals surface area contributed by atoms with Gasteiger partial charge in [-0.25, -0.2) is 0 Å². The molecule has 7 aromatic rings. The van der Waals surface area contributed by atoms with Gasteiger partial charge in [-0.15, -0.1) is 0 Å². The molecular formula is C37H25NO2. The Morgan fingerprint density at radius 3 is 2.08 bits per heavy atom. The first-order chi connectivity index (χ1) is 19.4. The topological polar surface area (TPSA) is 43.1 Å². The van der Waals surface area contributed by atoms with E-state index in [9.17, 15) is 10.1 Å². The highest BCUT2D eigenvalue weighted by molar-refractivity contribution is 6.32. The third kappa shape index (κ3) is 2.95. The number of nitro benzene ring substituents is 1. The summed E-state index contributed by atoms with van der Waals surface area (Å²) < 4.78 is 0. The number of hydrogen-bond donors (Lipinski definition) is 0. The van der Waals surface area contributed by atoms with Crippen LogP contribution in [0.15, 0.2) is 115 Å². The molecule has 0 unspecified atom stereocenters. The van der Waals surface area contributed by atoms with Gasteiger partial charge < -0.3 is 0 Å². The van der Waals surface area contributed by atoms with Crippen molar-refractivity contribution in [1.82, 2.24) is 0 Å². The summed E-state index contributed by atoms with van der Waals surface area (Å²) in [7, 11) is 0. The van der Waals surface area contributed by atoms with E-state index in [2.05, 4.69) is 98.8 Å². The second kappa shape index (κ2) is 8.00. The highest BCUT2D eigenvalue weighted by Gasteiger charge is 2.38. The van der Waals surface area contributed by atoms with E-state index in [-0.39, 0.29) is 16.0 Å². The first-order valence-corrected chi connectivity index (χ1v) is 13.6. The van der Waals surface area contributed by atoms with Crippen molar-refractivity contribution in [3.05, 3.63) is 137 Å². The molecule has 0 radical (unpaired) electrons. The zero-order valence-electron chi connectivity index (χ0n) is 22.2. The van der Waals surface area contributed by atoms with Crippen LogP contribution in [0.1, 0.15) is 25.0 Å². The minimum atomic E-state index is -0.296. The fourth-order valence-corrected chi connectivity index (χ4v) is 7.18. The number of rotatable bonds is 2. The van der Waals surface area contributed by atoms with Gasteiger partial charge in [-0.3, -0.25) is 10.1 Å². The second-order valence-corrected chi connectivity index (χ2v) is 11.3. The SMILES string of the molecule is CC1(C)c2ccc(-c3ccccc3[N+](=O)[O-])cc2-c2ccc3c(c21)c1ccccc1c1ccc2ccccc2c13. The molecule has 8 rings (SSSR count). The van der Waals surface area contributed by atoms with Crippen LogP contribution in [0.2, 0.25) is 0 Å². The summed E-state index contributed by atoms with van der Waals surface area (Å²) >= 11 is 0. The number of para-hydroxylation sites is 1. The Labute approximate surface area is 231 Å². The Kier molecular flexibility index (Phi) is 4.58. The number of nitro groups is 1. The lowest BCUT2D eigenvalue weighted by molar-refractivity contribution is -0.384. The third-order valence-corrected chi connectivity index (χ3v) is 8.91. The number of hydrogen-bond acceptors (Lipinski definition) is 2. The Morgan fingerprint density at radius 2 is 1.25 bits per heavy atom. The van der Waals surface area contributed by atoms with Gasteiger partial charge in [0.1, 0.15) is 0 Å². The van der Waals surface area contributed by atoms with Gasteiger partial charge in [0.05, 0.1) is 10.5 Å². The molecule has 0 spiro atoms. The molecule has 7 aromatic carbocycles. The number of benzene rings is 7. The van der Waals surface area contributed by atoms with Crippen LogP contribution in [-0.2, 0) is 5.41 Å². The lowest BCUT2D eigenvalue weighted by Crippen LogP contribution is -2.15. The zero-order chi connectivity index (χ0) is 27.2. The van der Waals surface area contributed by atoms with Crippen molar-refractivity contribution in [3.63, 3.8) is 0 Å². The van der Waals surface area contributed by atoms with E-state index in [0.717, 1.165) is 11.1 Å². The predicted octanol–water partition coefficient (Wildman–Crippen LogP) is 10.2. The number of fused-ring (bicyclic) bond motifs is 12. The molecule has 0 bridgehead atoms. The maximum atomic E-state index is 11.8. The van der Waals surface area contributed by atoms with E-state index in [1.54, 1.807) is 12.1 Å². The molecule has 0 atom stereocenters. The van der Waals surface area contributed by atoms with Crippen molar-refractivity contribution in [1.29, 1.82) is 0 Å². The zero-order valence-corrected chi connectivity index (χ0v) is 22.2. The fraction of sp³-hybridized carbons (Fsp3) is 0.0811. The van der Waals surface area contributed by atoms with Gasteiger partial charge in [0.25, 0.3) is 5.69 Å². The quantitative estimate of drug-likeness (QED) is 0.131. The van der Waals surface area contributed by atoms with Crippen LogP contribution >= 0.6 is 0 Å². The highest BCUT2D eigenvalue weighted by Crippen LogP contribution is 2.54. The molecule has 0 aliphatic heterocycles. The second-order valence-electron chi connectivity index (χ2n) is 11.3. The van der Waals surface area contributed by atoms with Crippen molar-refractivity contribution < 1.29 is 4.92 Å². The highest BCUT2D eigenvalue weighted by atomic mass is 16.6. The molecule has 0 fully saturated rings. The maximum Gasteiger partial charge on any atom is 0.277 e. The van der Waals surface area contributed by atoms with Crippen LogP contribution in [0, 0.1) is 10.1 Å². The van der Waals surface area contributed by atoms with Crippen LogP contribution in [0.4, 0.5) is 5.69 Å². The first-order valence-electron chi connectivity index (χ1n) is 13.6. The molecule has 190 valence electrons. The molecule has 0 aromatic heterocycles. The van der Waals surface area contributed by atoms with Gasteiger partial charge in [0, 0.05) is 11.5 Å². The Morgan fingerprint density at radius 1 is 0.575 bits per heavy atom. The summed E-state index contributed by atoms with van der Waals surface area (Å²) in [5.74, 6) is 0. The molecule has 1 aliphatic rings. The third-order valence-electron chi connectivity index (χ3n) is 8.91. The van der Waals surface area contributed by atoms with Gasteiger partial charge in [-0.2, -0.15) is 0 Å². The largest absolute Gasteiger partial charge is 0.277 e. The molecule has 0 saturated carbocycles. The molecule has 3 nitrogen and oxygen atoms in total. The summed E-state index contributed by atoms with van der Waals surface area (Å²) in [6, 6.07) is 39.8. The lowest BCUT2D eigenvalue weighted by Gasteiger charge is -2.25. The van der Waals surface area contributed by atoms with Gasteiger partial charge in [0.15, 0.2) is 0 Å². The van der Waals surface area contributed by atoms with Gasteiger partial charge in [-0.1, -0.05) is 111 Å². The molecule has 0 saturated heterocycles. The Balaban J connectivity index is 1.51. The standard InChI is InChI=1S/C37H25NO2/c1-37(2)32-20-16-23(24-10-7-8-14-33(24)38(39)40)21-31(32)29-18-19-30-34-25-11-4-3-9-22(25)15-17-28(34)26-12-5-6-13-27(26)35(30)36(29)37/h3-21H,1-2H3. The van der Waals surface area contributed by atoms with Crippen LogP contribution < -0.4 is 0 Å². The van der Waals surface area contributed by atoms with Crippen molar-refractivity contribution in [2.45, 2.75) is 19.3 Å². The molecule has 1 aliphatic carbocycles. The molecule has 0 amide bonds. The molecule has 0 heterocycles. The van der Waals surface area contributed by atoms with Gasteiger partial charge in [0.2, 0.25) is 0 Å². The van der Waals surface area contributed by atoms with Crippen molar-refractivity contribution in [2.24, 2.45) is 0 Å². The van der Waals surface area contributed by atoms with E-state index < -0.39 is 0 Å². The van der Waals surface area contributed by atoms with E-state index in [4.69, 9.17) is 0 Å². The Bertz CT molecular complexity index is 2230. The van der Waals surface area contributed by atoms with Crippen LogP contribution in [0.5, 0.6) is 0 Å². The van der Waals surface area contributed by atoms with Crippen LogP contribution in [0.25, 0.3) is 65.3 Å². The van der Waals surface area contributed by atoms with Crippen molar-refractivity contribution in [2.75, 3.05) is 0 Å². The summed E-state index contributed by atoms with van der Waals surface area (Å²) in [5, 5.41) is 22.0. The fourth-order valence-electron chi connectivity index (χ4n) is 7.18. The Hall–Kier alpha value is -5.02. The first kappa shape index (κ1) is 22.9. The smallest absolute Gasteiger partial charge is 0.258 e. The molecular weight excluding hydrogens is 490 g/mol. The van der Waals surface area contributed by atoms with Gasteiger partial charge >= 0.3 is 0 Å². The van der Waals surface area contributed by atoms with E-state index in [1.165, 1.54) is 59.8 Å². The summed E-state index contributed by atoms with van der Waals surface area (Å²) in [6.07, 6.45) is 0. The average Bonchev–Trinajstić information content (AvgIpc) is 3.22. The van der Waals surface area contributed by atoms with Crippen LogP contribution in [-0.4, -0.2) is 4.92 Å². The van der Waals surface area contributed by atoms with Crippen LogP contribution in [0.3, 0.4) is 0 Å². The van der Waals surface area contributed by atoms with E-state index in [1.807, 2.05) is 18.2 Å². The normalized spacial score (nSPS) is 13.7. The van der Waals surface area contributed by atoms with Crippen molar-refractivity contribution in [3.8, 4) is 22.3 Å². The minimum Gasteiger partial charge on any atom is -0.258 e. The maximum absolute atomic E-state index is 11.8. The molecule has 0 N–H and O–H groups in total. The van der Waals surface area contributed by atoms with E-state index in [0.29, 0.717) is 5.56 Å². The molecule has 3 heteroatoms. The lowest BCUT2D eigenvalue weighted by atomic mass is 9.78. The van der Waals surface area contributed by atoms with E-state index >= 15 is 0 Å². The summed E-state index contributed by atoms with van der Waals surface area (Å²) in [4.78, 5) is 11.5. The summed E-state index contributed by atoms with van der Waals surface area (Å²) in [6.45, 7) is 4.62. The summed E-state index contributed by atoms with van der Waals surface area (Å²) in [5.41, 5.74) is 6.33.